The summed E-state index contributed by atoms with van der Waals surface area (Å²) in [6.45, 7) is 5.63. The maximum absolute atomic E-state index is 13.0. The summed E-state index contributed by atoms with van der Waals surface area (Å²) in [5, 5.41) is 1.27. The molecule has 0 atom stereocenters. The fourth-order valence-electron chi connectivity index (χ4n) is 4.68. The number of rotatable bonds is 5. The summed E-state index contributed by atoms with van der Waals surface area (Å²) in [6.07, 6.45) is 4.97. The van der Waals surface area contributed by atoms with Gasteiger partial charge in [-0.25, -0.2) is 4.39 Å². The second-order valence-electron chi connectivity index (χ2n) is 8.45. The second-order valence-corrected chi connectivity index (χ2v) is 8.45. The molecule has 0 radical (unpaired) electrons. The summed E-state index contributed by atoms with van der Waals surface area (Å²) >= 11 is 0. The van der Waals surface area contributed by atoms with Crippen molar-refractivity contribution in [2.24, 2.45) is 7.05 Å². The molecular weight excluding hydrogens is 419 g/mol. The standard InChI is InChI=1S/C26H27FN4O2/c1-3-30-11-9-23-22-7-6-20(14-25(22)29(2)24(23)10-12-30)31-13-8-21(15-26(31)32)33-17-19-5-4-18(27)16-28-19/h4-8,13-16H,3,9-12,17H2,1-2H3. The van der Waals surface area contributed by atoms with Crippen molar-refractivity contribution in [1.29, 1.82) is 0 Å². The molecule has 4 heterocycles. The monoisotopic (exact) mass is 446 g/mol. The van der Waals surface area contributed by atoms with Crippen LogP contribution in [0.15, 0.2) is 59.7 Å². The number of likely N-dealkylation sites (N-methyl/N-ethyl adjacent to an activating group) is 1. The Labute approximate surface area is 191 Å². The van der Waals surface area contributed by atoms with Crippen molar-refractivity contribution in [2.45, 2.75) is 26.4 Å². The molecule has 1 aromatic carbocycles. The average molecular weight is 447 g/mol. The zero-order valence-electron chi connectivity index (χ0n) is 18.9. The molecule has 0 spiro atoms. The van der Waals surface area contributed by atoms with E-state index in [1.165, 1.54) is 28.8 Å². The SMILES string of the molecule is CCN1CCc2c(n(C)c3cc(-n4ccc(OCc5ccc(F)cn5)cc4=O)ccc23)CC1. The van der Waals surface area contributed by atoms with Crippen LogP contribution in [0, 0.1) is 5.82 Å². The number of aromatic nitrogens is 3. The van der Waals surface area contributed by atoms with Crippen LogP contribution in [-0.2, 0) is 26.5 Å². The fourth-order valence-corrected chi connectivity index (χ4v) is 4.68. The van der Waals surface area contributed by atoms with Crippen LogP contribution in [0.25, 0.3) is 16.6 Å². The molecule has 1 aliphatic rings. The number of hydrogen-bond acceptors (Lipinski definition) is 4. The second kappa shape index (κ2) is 8.83. The highest BCUT2D eigenvalue weighted by molar-refractivity contribution is 5.87. The van der Waals surface area contributed by atoms with E-state index in [1.807, 2.05) is 6.07 Å². The minimum atomic E-state index is -0.393. The number of halogens is 1. The summed E-state index contributed by atoms with van der Waals surface area (Å²) < 4.78 is 22.6. The molecule has 0 amide bonds. The van der Waals surface area contributed by atoms with Gasteiger partial charge in [0.25, 0.3) is 5.56 Å². The normalized spacial score (nSPS) is 14.3. The van der Waals surface area contributed by atoms with E-state index in [2.05, 4.69) is 40.6 Å². The van der Waals surface area contributed by atoms with Crippen molar-refractivity contribution in [1.82, 2.24) is 19.0 Å². The Morgan fingerprint density at radius 3 is 2.70 bits per heavy atom. The maximum Gasteiger partial charge on any atom is 0.258 e. The Kier molecular flexibility index (Phi) is 5.72. The predicted molar refractivity (Wildman–Crippen MR) is 127 cm³/mol. The summed E-state index contributed by atoms with van der Waals surface area (Å²) in [7, 11) is 2.12. The summed E-state index contributed by atoms with van der Waals surface area (Å²) in [6, 6.07) is 12.4. The van der Waals surface area contributed by atoms with E-state index in [9.17, 15) is 9.18 Å². The zero-order chi connectivity index (χ0) is 22.9. The molecule has 7 heteroatoms. The lowest BCUT2D eigenvalue weighted by Gasteiger charge is -2.17. The van der Waals surface area contributed by atoms with E-state index in [4.69, 9.17) is 4.74 Å². The maximum atomic E-state index is 13.0. The molecule has 0 N–H and O–H groups in total. The molecule has 1 aliphatic heterocycles. The highest BCUT2D eigenvalue weighted by Crippen LogP contribution is 2.30. The number of pyridine rings is 2. The first kappa shape index (κ1) is 21.4. The van der Waals surface area contributed by atoms with E-state index in [-0.39, 0.29) is 12.2 Å². The predicted octanol–water partition coefficient (Wildman–Crippen LogP) is 3.86. The van der Waals surface area contributed by atoms with Crippen molar-refractivity contribution in [2.75, 3.05) is 19.6 Å². The molecule has 0 fully saturated rings. The van der Waals surface area contributed by atoms with Gasteiger partial charge in [0.1, 0.15) is 18.2 Å². The summed E-state index contributed by atoms with van der Waals surface area (Å²) in [4.78, 5) is 19.3. The van der Waals surface area contributed by atoms with E-state index in [0.29, 0.717) is 11.4 Å². The van der Waals surface area contributed by atoms with Gasteiger partial charge in [0.05, 0.1) is 23.1 Å². The third kappa shape index (κ3) is 4.16. The molecule has 0 aliphatic carbocycles. The molecule has 4 aromatic rings. The van der Waals surface area contributed by atoms with Gasteiger partial charge in [0.15, 0.2) is 0 Å². The number of fused-ring (bicyclic) bond motifs is 3. The van der Waals surface area contributed by atoms with E-state index in [0.717, 1.165) is 49.9 Å². The number of benzene rings is 1. The molecule has 0 bridgehead atoms. The molecular formula is C26H27FN4O2. The molecule has 3 aromatic heterocycles. The third-order valence-corrected chi connectivity index (χ3v) is 6.56. The van der Waals surface area contributed by atoms with Gasteiger partial charge in [-0.05, 0) is 48.9 Å². The van der Waals surface area contributed by atoms with Crippen LogP contribution in [0.2, 0.25) is 0 Å². The molecule has 5 rings (SSSR count). The van der Waals surface area contributed by atoms with Crippen molar-refractivity contribution >= 4 is 10.9 Å². The Hall–Kier alpha value is -3.45. The highest BCUT2D eigenvalue weighted by Gasteiger charge is 2.20. The van der Waals surface area contributed by atoms with Crippen molar-refractivity contribution in [3.8, 4) is 11.4 Å². The third-order valence-electron chi connectivity index (χ3n) is 6.56. The molecule has 0 saturated carbocycles. The van der Waals surface area contributed by atoms with Gasteiger partial charge < -0.3 is 14.2 Å². The van der Waals surface area contributed by atoms with E-state index in [1.54, 1.807) is 22.9 Å². The average Bonchev–Trinajstić information content (AvgIpc) is 2.97. The van der Waals surface area contributed by atoms with Crippen molar-refractivity contribution < 1.29 is 9.13 Å². The van der Waals surface area contributed by atoms with Crippen LogP contribution in [0.4, 0.5) is 4.39 Å². The topological polar surface area (TPSA) is 52.3 Å². The Morgan fingerprint density at radius 1 is 1.09 bits per heavy atom. The lowest BCUT2D eigenvalue weighted by atomic mass is 10.1. The van der Waals surface area contributed by atoms with Gasteiger partial charge in [0, 0.05) is 49.9 Å². The zero-order valence-corrected chi connectivity index (χ0v) is 18.9. The van der Waals surface area contributed by atoms with Crippen LogP contribution in [-0.4, -0.2) is 38.7 Å². The first-order valence-corrected chi connectivity index (χ1v) is 11.3. The van der Waals surface area contributed by atoms with Crippen LogP contribution in [0.3, 0.4) is 0 Å². The summed E-state index contributed by atoms with van der Waals surface area (Å²) in [5.74, 6) is 0.0605. The first-order valence-electron chi connectivity index (χ1n) is 11.3. The minimum Gasteiger partial charge on any atom is -0.487 e. The van der Waals surface area contributed by atoms with Crippen molar-refractivity contribution in [3.05, 3.63) is 88.0 Å². The molecule has 0 unspecified atom stereocenters. The number of aryl methyl sites for hydroxylation is 1. The smallest absolute Gasteiger partial charge is 0.258 e. The van der Waals surface area contributed by atoms with Crippen LogP contribution < -0.4 is 10.3 Å². The van der Waals surface area contributed by atoms with Crippen LogP contribution in [0.1, 0.15) is 23.9 Å². The van der Waals surface area contributed by atoms with E-state index < -0.39 is 5.82 Å². The lowest BCUT2D eigenvalue weighted by Crippen LogP contribution is -2.26. The molecule has 0 saturated heterocycles. The Morgan fingerprint density at radius 2 is 1.94 bits per heavy atom. The fraction of sp³-hybridized carbons (Fsp3) is 0.308. The Bertz CT molecular complexity index is 1360. The lowest BCUT2D eigenvalue weighted by molar-refractivity contribution is 0.300. The quantitative estimate of drug-likeness (QED) is 0.467. The minimum absolute atomic E-state index is 0.167. The molecule has 170 valence electrons. The van der Waals surface area contributed by atoms with Gasteiger partial charge in [-0.3, -0.25) is 14.3 Å². The number of hydrogen-bond donors (Lipinski definition) is 0. The Balaban J connectivity index is 1.40. The largest absolute Gasteiger partial charge is 0.487 e. The van der Waals surface area contributed by atoms with E-state index >= 15 is 0 Å². The van der Waals surface area contributed by atoms with Gasteiger partial charge in [-0.1, -0.05) is 13.0 Å². The van der Waals surface area contributed by atoms with Crippen LogP contribution >= 0.6 is 0 Å². The van der Waals surface area contributed by atoms with Gasteiger partial charge in [0.2, 0.25) is 0 Å². The summed E-state index contributed by atoms with van der Waals surface area (Å²) in [5.41, 5.74) is 5.22. The van der Waals surface area contributed by atoms with Crippen molar-refractivity contribution in [3.63, 3.8) is 0 Å². The first-order chi connectivity index (χ1) is 16.0. The van der Waals surface area contributed by atoms with Crippen LogP contribution in [0.5, 0.6) is 5.75 Å². The number of nitrogens with zero attached hydrogens (tertiary/aromatic N) is 4. The molecule has 33 heavy (non-hydrogen) atoms. The van der Waals surface area contributed by atoms with Gasteiger partial charge in [-0.2, -0.15) is 0 Å². The van der Waals surface area contributed by atoms with Gasteiger partial charge in [-0.15, -0.1) is 0 Å². The molecule has 6 nitrogen and oxygen atoms in total. The van der Waals surface area contributed by atoms with Gasteiger partial charge >= 0.3 is 0 Å². The highest BCUT2D eigenvalue weighted by atomic mass is 19.1. The number of ether oxygens (including phenoxy) is 1.